The van der Waals surface area contributed by atoms with E-state index >= 15 is 0 Å². The highest BCUT2D eigenvalue weighted by Crippen LogP contribution is 2.23. The van der Waals surface area contributed by atoms with Crippen LogP contribution in [0.4, 0.5) is 0 Å². The zero-order valence-corrected chi connectivity index (χ0v) is 10.5. The molecule has 0 unspecified atom stereocenters. The van der Waals surface area contributed by atoms with Gasteiger partial charge in [0.05, 0.1) is 7.11 Å². The minimum absolute atomic E-state index is 0.180. The van der Waals surface area contributed by atoms with Crippen LogP contribution < -0.4 is 4.74 Å². The number of hydrogen-bond acceptors (Lipinski definition) is 3. The monoisotopic (exact) mass is 247 g/mol. The number of nitrogens with zero attached hydrogens (tertiary/aromatic N) is 1. The number of benzene rings is 1. The van der Waals surface area contributed by atoms with E-state index in [1.54, 1.807) is 25.3 Å². The van der Waals surface area contributed by atoms with E-state index in [0.717, 1.165) is 37.0 Å². The third-order valence-corrected chi connectivity index (χ3v) is 3.22. The van der Waals surface area contributed by atoms with Crippen molar-refractivity contribution < 1.29 is 14.3 Å². The molecular formula is C14H17NO3. The Morgan fingerprint density at radius 3 is 2.89 bits per heavy atom. The molecule has 1 aromatic carbocycles. The quantitative estimate of drug-likeness (QED) is 0.765. The number of rotatable bonds is 4. The van der Waals surface area contributed by atoms with Crippen LogP contribution in [-0.4, -0.2) is 30.7 Å². The Bertz CT molecular complexity index is 456. The summed E-state index contributed by atoms with van der Waals surface area (Å²) in [6.45, 7) is 1.30. The van der Waals surface area contributed by atoms with Crippen LogP contribution in [0.3, 0.4) is 0 Å². The lowest BCUT2D eigenvalue weighted by atomic mass is 10.1. The normalized spacial score (nSPS) is 15.6. The second-order valence-corrected chi connectivity index (χ2v) is 4.46. The molecule has 0 radical (unpaired) electrons. The van der Waals surface area contributed by atoms with Crippen LogP contribution in [0.15, 0.2) is 18.2 Å². The average molecular weight is 247 g/mol. The lowest BCUT2D eigenvalue weighted by molar-refractivity contribution is -0.133. The predicted octanol–water partition coefficient (Wildman–Crippen LogP) is 2.02. The summed E-state index contributed by atoms with van der Waals surface area (Å²) < 4.78 is 5.27. The maximum atomic E-state index is 11.8. The van der Waals surface area contributed by atoms with Crippen molar-refractivity contribution in [2.45, 2.75) is 25.8 Å². The molecule has 1 aliphatic rings. The highest BCUT2D eigenvalue weighted by Gasteiger charge is 2.19. The van der Waals surface area contributed by atoms with Crippen LogP contribution in [0.25, 0.3) is 0 Å². The van der Waals surface area contributed by atoms with E-state index in [-0.39, 0.29) is 5.91 Å². The highest BCUT2D eigenvalue weighted by molar-refractivity contribution is 5.78. The fourth-order valence-corrected chi connectivity index (χ4v) is 2.23. The van der Waals surface area contributed by atoms with Gasteiger partial charge in [-0.2, -0.15) is 0 Å². The van der Waals surface area contributed by atoms with Crippen molar-refractivity contribution >= 4 is 12.2 Å². The number of amides is 1. The number of carbonyl (C=O) groups is 2. The molecule has 1 heterocycles. The number of carbonyl (C=O) groups excluding carboxylic acids is 2. The number of aldehydes is 1. The van der Waals surface area contributed by atoms with Gasteiger partial charge >= 0.3 is 0 Å². The molecule has 18 heavy (non-hydrogen) atoms. The summed E-state index contributed by atoms with van der Waals surface area (Å²) >= 11 is 0. The van der Waals surface area contributed by atoms with Crippen LogP contribution in [0.2, 0.25) is 0 Å². The molecule has 0 atom stereocenters. The molecule has 0 bridgehead atoms. The van der Waals surface area contributed by atoms with E-state index in [1.807, 2.05) is 4.90 Å². The molecule has 0 aliphatic carbocycles. The van der Waals surface area contributed by atoms with E-state index < -0.39 is 0 Å². The summed E-state index contributed by atoms with van der Waals surface area (Å²) in [6.07, 6.45) is 3.44. The first-order valence-electron chi connectivity index (χ1n) is 6.14. The van der Waals surface area contributed by atoms with E-state index in [9.17, 15) is 9.59 Å². The predicted molar refractivity (Wildman–Crippen MR) is 67.6 cm³/mol. The van der Waals surface area contributed by atoms with Crippen molar-refractivity contribution in [1.29, 1.82) is 0 Å². The van der Waals surface area contributed by atoms with Crippen molar-refractivity contribution in [1.82, 2.24) is 4.90 Å². The summed E-state index contributed by atoms with van der Waals surface area (Å²) in [7, 11) is 1.59. The molecule has 96 valence electrons. The number of methoxy groups -OCH3 is 1. The van der Waals surface area contributed by atoms with Gasteiger partial charge in [0.2, 0.25) is 5.91 Å². The molecule has 0 aromatic heterocycles. The third-order valence-electron chi connectivity index (χ3n) is 3.22. The van der Waals surface area contributed by atoms with Gasteiger partial charge in [0.15, 0.2) is 0 Å². The maximum Gasteiger partial charge on any atom is 0.222 e. The Hall–Kier alpha value is -1.84. The van der Waals surface area contributed by atoms with Gasteiger partial charge in [-0.25, -0.2) is 0 Å². The number of ether oxygens (including phenoxy) is 1. The second kappa shape index (κ2) is 5.67. The second-order valence-electron chi connectivity index (χ2n) is 4.46. The molecule has 0 N–H and O–H groups in total. The summed E-state index contributed by atoms with van der Waals surface area (Å²) in [5.74, 6) is 0.902. The van der Waals surface area contributed by atoms with Gasteiger partial charge in [-0.05, 0) is 31.0 Å². The summed E-state index contributed by atoms with van der Waals surface area (Å²) in [5.41, 5.74) is 1.49. The standard InChI is InChI=1S/C14H17NO3/c1-18-13-6-5-11(10-16)8-12(13)9-15-7-3-2-4-14(15)17/h5-6,8,10H,2-4,7,9H2,1H3. The van der Waals surface area contributed by atoms with Crippen LogP contribution in [0, 0.1) is 0 Å². The molecule has 1 aromatic rings. The van der Waals surface area contributed by atoms with E-state index in [2.05, 4.69) is 0 Å². The first kappa shape index (κ1) is 12.6. The minimum Gasteiger partial charge on any atom is -0.496 e. The van der Waals surface area contributed by atoms with Gasteiger partial charge in [-0.1, -0.05) is 0 Å². The van der Waals surface area contributed by atoms with Gasteiger partial charge in [0.25, 0.3) is 0 Å². The average Bonchev–Trinajstić information content (AvgIpc) is 2.41. The fourth-order valence-electron chi connectivity index (χ4n) is 2.23. The van der Waals surface area contributed by atoms with Crippen LogP contribution in [0.1, 0.15) is 35.2 Å². The molecule has 0 spiro atoms. The fraction of sp³-hybridized carbons (Fsp3) is 0.429. The number of likely N-dealkylation sites (tertiary alicyclic amines) is 1. The Kier molecular flexibility index (Phi) is 3.97. The zero-order valence-electron chi connectivity index (χ0n) is 10.5. The minimum atomic E-state index is 0.180. The Morgan fingerprint density at radius 2 is 2.22 bits per heavy atom. The van der Waals surface area contributed by atoms with Crippen LogP contribution >= 0.6 is 0 Å². The van der Waals surface area contributed by atoms with E-state index in [0.29, 0.717) is 18.5 Å². The Balaban J connectivity index is 2.20. The SMILES string of the molecule is COc1ccc(C=O)cc1CN1CCCCC1=O. The largest absolute Gasteiger partial charge is 0.496 e. The first-order chi connectivity index (χ1) is 8.74. The summed E-state index contributed by atoms with van der Waals surface area (Å²) in [6, 6.07) is 5.27. The zero-order chi connectivity index (χ0) is 13.0. The highest BCUT2D eigenvalue weighted by atomic mass is 16.5. The molecule has 4 heteroatoms. The Morgan fingerprint density at radius 1 is 1.39 bits per heavy atom. The van der Waals surface area contributed by atoms with Crippen molar-refractivity contribution in [3.8, 4) is 5.75 Å². The smallest absolute Gasteiger partial charge is 0.222 e. The molecule has 1 saturated heterocycles. The number of hydrogen-bond donors (Lipinski definition) is 0. The third kappa shape index (κ3) is 2.70. The van der Waals surface area contributed by atoms with Crippen LogP contribution in [-0.2, 0) is 11.3 Å². The van der Waals surface area contributed by atoms with Crippen molar-refractivity contribution in [2.24, 2.45) is 0 Å². The lowest BCUT2D eigenvalue weighted by Crippen LogP contribution is -2.34. The van der Waals surface area contributed by atoms with Gasteiger partial charge in [-0.3, -0.25) is 9.59 Å². The van der Waals surface area contributed by atoms with Crippen molar-refractivity contribution in [3.63, 3.8) is 0 Å². The summed E-state index contributed by atoms with van der Waals surface area (Å²) in [4.78, 5) is 24.4. The summed E-state index contributed by atoms with van der Waals surface area (Å²) in [5, 5.41) is 0. The maximum absolute atomic E-state index is 11.8. The van der Waals surface area contributed by atoms with Gasteiger partial charge in [0.1, 0.15) is 12.0 Å². The topological polar surface area (TPSA) is 46.6 Å². The lowest BCUT2D eigenvalue weighted by Gasteiger charge is -2.27. The molecule has 4 nitrogen and oxygen atoms in total. The van der Waals surface area contributed by atoms with Gasteiger partial charge in [-0.15, -0.1) is 0 Å². The van der Waals surface area contributed by atoms with Gasteiger partial charge < -0.3 is 9.64 Å². The van der Waals surface area contributed by atoms with E-state index in [4.69, 9.17) is 4.74 Å². The van der Waals surface area contributed by atoms with Crippen molar-refractivity contribution in [2.75, 3.05) is 13.7 Å². The molecule has 0 saturated carbocycles. The molecule has 1 fully saturated rings. The van der Waals surface area contributed by atoms with Gasteiger partial charge in [0, 0.05) is 30.6 Å². The van der Waals surface area contributed by atoms with Crippen molar-refractivity contribution in [3.05, 3.63) is 29.3 Å². The first-order valence-corrected chi connectivity index (χ1v) is 6.14. The molecular weight excluding hydrogens is 230 g/mol. The van der Waals surface area contributed by atoms with E-state index in [1.165, 1.54) is 0 Å². The van der Waals surface area contributed by atoms with Crippen LogP contribution in [0.5, 0.6) is 5.75 Å². The Labute approximate surface area is 107 Å². The molecule has 1 aliphatic heterocycles. The molecule has 2 rings (SSSR count). The molecule has 1 amide bonds. The number of piperidine rings is 1.